The van der Waals surface area contributed by atoms with Crippen LogP contribution in [0, 0.1) is 0 Å². The monoisotopic (exact) mass is 318 g/mol. The minimum Gasteiger partial charge on any atom is -0.371 e. The van der Waals surface area contributed by atoms with Gasteiger partial charge in [0.2, 0.25) is 5.01 Å². The third-order valence-electron chi connectivity index (χ3n) is 3.55. The van der Waals surface area contributed by atoms with Crippen LogP contribution in [0.3, 0.4) is 0 Å². The molecule has 1 fully saturated rings. The average Bonchev–Trinajstić information content (AvgIpc) is 3.17. The number of carbonyl (C=O) groups is 1. The van der Waals surface area contributed by atoms with E-state index in [1.165, 1.54) is 11.3 Å². The normalized spacial score (nSPS) is 21.2. The maximum atomic E-state index is 12.3. The number of hydrogen-bond donors (Lipinski definition) is 1. The van der Waals surface area contributed by atoms with E-state index in [1.54, 1.807) is 12.4 Å². The summed E-state index contributed by atoms with van der Waals surface area (Å²) in [4.78, 5) is 16.4. The summed E-state index contributed by atoms with van der Waals surface area (Å²) in [5.41, 5.74) is 0.977. The number of rotatable bonds is 4. The molecular weight excluding hydrogens is 300 g/mol. The van der Waals surface area contributed by atoms with Gasteiger partial charge in [-0.2, -0.15) is 0 Å². The maximum Gasteiger partial charge on any atom is 0.282 e. The first-order valence-electron chi connectivity index (χ1n) is 7.31. The number of nitrogens with zero attached hydrogens (tertiary/aromatic N) is 3. The number of carbonyl (C=O) groups excluding carboxylic acids is 1. The van der Waals surface area contributed by atoms with Crippen molar-refractivity contribution in [1.29, 1.82) is 0 Å². The molecule has 0 radical (unpaired) electrons. The first-order chi connectivity index (χ1) is 10.6. The summed E-state index contributed by atoms with van der Waals surface area (Å²) in [5, 5.41) is 12.3. The smallest absolute Gasteiger partial charge is 0.282 e. The lowest BCUT2D eigenvalue weighted by Gasteiger charge is -2.19. The fourth-order valence-electron chi connectivity index (χ4n) is 2.40. The van der Waals surface area contributed by atoms with Gasteiger partial charge in [0, 0.05) is 30.5 Å². The minimum absolute atomic E-state index is 0.0666. The fourth-order valence-corrected chi connectivity index (χ4v) is 3.15. The lowest BCUT2D eigenvalue weighted by atomic mass is 10.0. The highest BCUT2D eigenvalue weighted by Gasteiger charge is 2.32. The third kappa shape index (κ3) is 3.15. The Morgan fingerprint density at radius 3 is 3.00 bits per heavy atom. The van der Waals surface area contributed by atoms with Gasteiger partial charge in [0.25, 0.3) is 5.91 Å². The van der Waals surface area contributed by atoms with Crippen LogP contribution >= 0.6 is 11.3 Å². The molecule has 116 valence electrons. The van der Waals surface area contributed by atoms with Crippen LogP contribution in [0.2, 0.25) is 0 Å². The molecule has 2 aromatic rings. The van der Waals surface area contributed by atoms with Crippen LogP contribution in [0.15, 0.2) is 24.5 Å². The number of ether oxygens (including phenoxy) is 1. The van der Waals surface area contributed by atoms with Crippen LogP contribution in [0.1, 0.15) is 52.7 Å². The van der Waals surface area contributed by atoms with E-state index in [4.69, 9.17) is 4.74 Å². The Bertz CT molecular complexity index is 644. The summed E-state index contributed by atoms with van der Waals surface area (Å²) < 4.78 is 5.74. The summed E-state index contributed by atoms with van der Waals surface area (Å²) in [7, 11) is 0. The number of pyridine rings is 1. The molecule has 1 aliphatic rings. The van der Waals surface area contributed by atoms with Crippen LogP contribution < -0.4 is 5.32 Å². The maximum absolute atomic E-state index is 12.3. The van der Waals surface area contributed by atoms with Crippen molar-refractivity contribution in [3.8, 4) is 0 Å². The Hall–Kier alpha value is -1.86. The summed E-state index contributed by atoms with van der Waals surface area (Å²) in [6, 6.07) is 3.77. The number of hydrogen-bond acceptors (Lipinski definition) is 6. The molecule has 2 aromatic heterocycles. The number of nitrogens with one attached hydrogen (secondary N) is 1. The summed E-state index contributed by atoms with van der Waals surface area (Å²) >= 11 is 1.34. The first kappa shape index (κ1) is 15.1. The zero-order chi connectivity index (χ0) is 15.5. The van der Waals surface area contributed by atoms with E-state index in [1.807, 2.05) is 26.0 Å². The average molecular weight is 318 g/mol. The van der Waals surface area contributed by atoms with Crippen LogP contribution in [-0.2, 0) is 4.74 Å². The van der Waals surface area contributed by atoms with E-state index in [0.29, 0.717) is 11.6 Å². The van der Waals surface area contributed by atoms with Crippen molar-refractivity contribution < 1.29 is 9.53 Å². The lowest BCUT2D eigenvalue weighted by molar-refractivity contribution is 0.0820. The number of amides is 1. The van der Waals surface area contributed by atoms with Gasteiger partial charge in [-0.25, -0.2) is 0 Å². The fraction of sp³-hybridized carbons (Fsp3) is 0.467. The predicted octanol–water partition coefficient (Wildman–Crippen LogP) is 2.32. The molecular formula is C15H18N4O2S. The Labute approximate surface area is 132 Å². The standard InChI is InChI=1S/C15H18N4O2S/c1-9(2)14-18-19-15(22-14)13(20)17-11-5-7-21-12(11)10-4-3-6-16-8-10/h3-4,6,8-9,11-12H,5,7H2,1-2H3,(H,17,20)/t11-,12+/m0/s1. The Morgan fingerprint density at radius 1 is 1.45 bits per heavy atom. The van der Waals surface area contributed by atoms with Crippen molar-refractivity contribution in [2.45, 2.75) is 38.3 Å². The van der Waals surface area contributed by atoms with Gasteiger partial charge in [-0.3, -0.25) is 9.78 Å². The van der Waals surface area contributed by atoms with Gasteiger partial charge in [-0.05, 0) is 12.5 Å². The Morgan fingerprint density at radius 2 is 2.32 bits per heavy atom. The van der Waals surface area contributed by atoms with E-state index in [-0.39, 0.29) is 24.0 Å². The van der Waals surface area contributed by atoms with E-state index < -0.39 is 0 Å². The van der Waals surface area contributed by atoms with Crippen molar-refractivity contribution in [3.05, 3.63) is 40.1 Å². The molecule has 3 heterocycles. The molecule has 2 atom stereocenters. The van der Waals surface area contributed by atoms with Gasteiger partial charge in [0.05, 0.1) is 6.04 Å². The van der Waals surface area contributed by atoms with Crippen LogP contribution in [-0.4, -0.2) is 33.7 Å². The molecule has 0 saturated carbocycles. The third-order valence-corrected chi connectivity index (χ3v) is 4.77. The van der Waals surface area contributed by atoms with E-state index in [0.717, 1.165) is 17.0 Å². The molecule has 7 heteroatoms. The molecule has 1 amide bonds. The van der Waals surface area contributed by atoms with Gasteiger partial charge >= 0.3 is 0 Å². The second-order valence-electron chi connectivity index (χ2n) is 5.55. The molecule has 0 aromatic carbocycles. The molecule has 6 nitrogen and oxygen atoms in total. The van der Waals surface area contributed by atoms with Crippen molar-refractivity contribution in [2.75, 3.05) is 6.61 Å². The quantitative estimate of drug-likeness (QED) is 0.936. The van der Waals surface area contributed by atoms with Crippen molar-refractivity contribution in [2.24, 2.45) is 0 Å². The van der Waals surface area contributed by atoms with Gasteiger partial charge in [0.1, 0.15) is 11.1 Å². The largest absolute Gasteiger partial charge is 0.371 e. The SMILES string of the molecule is CC(C)c1nnc(C(=O)N[C@H]2CCO[C@@H]2c2cccnc2)s1. The van der Waals surface area contributed by atoms with Gasteiger partial charge in [0.15, 0.2) is 0 Å². The summed E-state index contributed by atoms with van der Waals surface area (Å²) in [5.74, 6) is 0.0887. The molecule has 0 spiro atoms. The molecule has 0 unspecified atom stereocenters. The first-order valence-corrected chi connectivity index (χ1v) is 8.12. The van der Waals surface area contributed by atoms with Crippen LogP contribution in [0.25, 0.3) is 0 Å². The molecule has 22 heavy (non-hydrogen) atoms. The number of aromatic nitrogens is 3. The molecule has 1 saturated heterocycles. The van der Waals surface area contributed by atoms with Crippen molar-refractivity contribution >= 4 is 17.2 Å². The van der Waals surface area contributed by atoms with Crippen LogP contribution in [0.5, 0.6) is 0 Å². The van der Waals surface area contributed by atoms with E-state index in [2.05, 4.69) is 20.5 Å². The highest BCUT2D eigenvalue weighted by atomic mass is 32.1. The summed E-state index contributed by atoms with van der Waals surface area (Å²) in [6.45, 7) is 4.69. The van der Waals surface area contributed by atoms with E-state index in [9.17, 15) is 4.79 Å². The van der Waals surface area contributed by atoms with Gasteiger partial charge < -0.3 is 10.1 Å². The Kier molecular flexibility index (Phi) is 4.44. The molecule has 1 N–H and O–H groups in total. The van der Waals surface area contributed by atoms with Crippen molar-refractivity contribution in [3.63, 3.8) is 0 Å². The van der Waals surface area contributed by atoms with Crippen LogP contribution in [0.4, 0.5) is 0 Å². The molecule has 0 bridgehead atoms. The Balaban J connectivity index is 1.70. The predicted molar refractivity (Wildman–Crippen MR) is 82.8 cm³/mol. The molecule has 1 aliphatic heterocycles. The molecule has 0 aliphatic carbocycles. The minimum atomic E-state index is -0.186. The zero-order valence-electron chi connectivity index (χ0n) is 12.5. The second-order valence-corrected chi connectivity index (χ2v) is 6.56. The summed E-state index contributed by atoms with van der Waals surface area (Å²) in [6.07, 6.45) is 4.12. The van der Waals surface area contributed by atoms with Crippen molar-refractivity contribution in [1.82, 2.24) is 20.5 Å². The lowest BCUT2D eigenvalue weighted by Crippen LogP contribution is -2.36. The highest BCUT2D eigenvalue weighted by molar-refractivity contribution is 7.13. The zero-order valence-corrected chi connectivity index (χ0v) is 13.3. The highest BCUT2D eigenvalue weighted by Crippen LogP contribution is 2.29. The van der Waals surface area contributed by atoms with E-state index >= 15 is 0 Å². The second kappa shape index (κ2) is 6.50. The molecule has 3 rings (SSSR count). The van der Waals surface area contributed by atoms with Gasteiger partial charge in [-0.15, -0.1) is 10.2 Å². The van der Waals surface area contributed by atoms with Gasteiger partial charge in [-0.1, -0.05) is 31.3 Å². The topological polar surface area (TPSA) is 77.0 Å².